The average molecular weight is 447 g/mol. The molecule has 0 radical (unpaired) electrons. The summed E-state index contributed by atoms with van der Waals surface area (Å²) in [6.07, 6.45) is 0.187. The Labute approximate surface area is 190 Å². The first kappa shape index (κ1) is 22.3. The number of amides is 2. The summed E-state index contributed by atoms with van der Waals surface area (Å²) in [7, 11) is 1.73. The van der Waals surface area contributed by atoms with Crippen LogP contribution in [0.1, 0.15) is 16.8 Å². The molecule has 2 N–H and O–H groups in total. The molecule has 8 nitrogen and oxygen atoms in total. The van der Waals surface area contributed by atoms with Crippen LogP contribution in [0.15, 0.2) is 64.2 Å². The van der Waals surface area contributed by atoms with Crippen molar-refractivity contribution in [3.63, 3.8) is 0 Å². The maximum Gasteiger partial charge on any atom is 0.325 e. The predicted octanol–water partition coefficient (Wildman–Crippen LogP) is 1.49. The highest BCUT2D eigenvalue weighted by Crippen LogP contribution is 2.23. The van der Waals surface area contributed by atoms with Crippen molar-refractivity contribution in [3.05, 3.63) is 92.3 Å². The van der Waals surface area contributed by atoms with E-state index in [2.05, 4.69) is 9.97 Å². The van der Waals surface area contributed by atoms with E-state index in [-0.39, 0.29) is 23.8 Å². The van der Waals surface area contributed by atoms with Gasteiger partial charge in [-0.25, -0.2) is 4.79 Å². The summed E-state index contributed by atoms with van der Waals surface area (Å²) in [6, 6.07) is 17.3. The van der Waals surface area contributed by atoms with Crippen molar-refractivity contribution >= 4 is 11.8 Å². The molecule has 1 fully saturated rings. The highest BCUT2D eigenvalue weighted by molar-refractivity contribution is 5.90. The normalized spacial score (nSPS) is 16.2. The first-order valence-electron chi connectivity index (χ1n) is 10.8. The summed E-state index contributed by atoms with van der Waals surface area (Å²) in [5.41, 5.74) is 2.42. The summed E-state index contributed by atoms with van der Waals surface area (Å²) in [5.74, 6) is -0.451. The van der Waals surface area contributed by atoms with Crippen molar-refractivity contribution in [1.29, 1.82) is 0 Å². The molecule has 0 spiro atoms. The molecule has 2 aromatic carbocycles. The van der Waals surface area contributed by atoms with Gasteiger partial charge in [0.2, 0.25) is 11.8 Å². The fourth-order valence-corrected chi connectivity index (χ4v) is 4.23. The van der Waals surface area contributed by atoms with E-state index in [0.717, 1.165) is 16.7 Å². The van der Waals surface area contributed by atoms with E-state index in [4.69, 9.17) is 0 Å². The van der Waals surface area contributed by atoms with Crippen molar-refractivity contribution in [3.8, 4) is 11.1 Å². The second kappa shape index (κ2) is 9.28. The highest BCUT2D eigenvalue weighted by Gasteiger charge is 2.36. The maximum atomic E-state index is 13.2. The molecule has 33 heavy (non-hydrogen) atoms. The number of aromatic nitrogens is 2. The van der Waals surface area contributed by atoms with E-state index in [1.165, 1.54) is 0 Å². The molecule has 0 unspecified atom stereocenters. The molecule has 8 heteroatoms. The molecule has 1 saturated heterocycles. The number of benzene rings is 2. The van der Waals surface area contributed by atoms with Crippen LogP contribution in [-0.2, 0) is 22.4 Å². The van der Waals surface area contributed by atoms with E-state index in [1.54, 1.807) is 23.8 Å². The van der Waals surface area contributed by atoms with Crippen molar-refractivity contribution in [2.75, 3.05) is 20.1 Å². The molecule has 3 aromatic rings. The predicted molar refractivity (Wildman–Crippen MR) is 125 cm³/mol. The van der Waals surface area contributed by atoms with Gasteiger partial charge in [0.25, 0.3) is 5.56 Å². The molecule has 1 aliphatic heterocycles. The van der Waals surface area contributed by atoms with Crippen LogP contribution >= 0.6 is 0 Å². The smallest absolute Gasteiger partial charge is 0.325 e. The molecule has 170 valence electrons. The van der Waals surface area contributed by atoms with Gasteiger partial charge in [0.05, 0.1) is 6.42 Å². The van der Waals surface area contributed by atoms with Gasteiger partial charge in [-0.3, -0.25) is 19.4 Å². The lowest BCUT2D eigenvalue weighted by Gasteiger charge is -2.39. The molecule has 1 aromatic heterocycles. The van der Waals surface area contributed by atoms with E-state index >= 15 is 0 Å². The quantitative estimate of drug-likeness (QED) is 0.619. The van der Waals surface area contributed by atoms with Gasteiger partial charge < -0.3 is 14.8 Å². The lowest BCUT2D eigenvalue weighted by molar-refractivity contribution is -0.149. The van der Waals surface area contributed by atoms with Gasteiger partial charge >= 0.3 is 5.69 Å². The second-order valence-electron chi connectivity index (χ2n) is 8.32. The Bertz CT molecular complexity index is 1300. The van der Waals surface area contributed by atoms with Gasteiger partial charge in [-0.05, 0) is 23.6 Å². The Morgan fingerprint density at radius 3 is 2.42 bits per heavy atom. The van der Waals surface area contributed by atoms with Crippen molar-refractivity contribution in [2.24, 2.45) is 0 Å². The van der Waals surface area contributed by atoms with Gasteiger partial charge in [-0.2, -0.15) is 0 Å². The Balaban J connectivity index is 1.60. The number of hydrogen-bond donors (Lipinski definition) is 2. The second-order valence-corrected chi connectivity index (χ2v) is 8.32. The van der Waals surface area contributed by atoms with Gasteiger partial charge in [0.1, 0.15) is 6.04 Å². The minimum Gasteiger partial charge on any atom is -0.342 e. The van der Waals surface area contributed by atoms with Crippen molar-refractivity contribution in [1.82, 2.24) is 19.8 Å². The number of piperazine rings is 1. The molecule has 0 bridgehead atoms. The Hall–Kier alpha value is -3.94. The third-order valence-electron chi connectivity index (χ3n) is 6.08. The number of nitrogens with one attached hydrogen (secondary N) is 2. The molecule has 1 aliphatic rings. The number of likely N-dealkylation sites (N-methyl/N-ethyl adjacent to an activating group) is 1. The van der Waals surface area contributed by atoms with Crippen LogP contribution in [0.25, 0.3) is 11.1 Å². The zero-order valence-corrected chi connectivity index (χ0v) is 18.6. The van der Waals surface area contributed by atoms with Crippen LogP contribution in [0.5, 0.6) is 0 Å². The minimum atomic E-state index is -0.663. The number of nitrogens with zero attached hydrogens (tertiary/aromatic N) is 2. The van der Waals surface area contributed by atoms with Crippen LogP contribution in [0.2, 0.25) is 0 Å². The van der Waals surface area contributed by atoms with E-state index in [1.807, 2.05) is 54.6 Å². The van der Waals surface area contributed by atoms with Crippen molar-refractivity contribution in [2.45, 2.75) is 25.8 Å². The Kier molecular flexibility index (Phi) is 6.26. The van der Waals surface area contributed by atoms with Crippen LogP contribution in [0.4, 0.5) is 0 Å². The molecular weight excluding hydrogens is 420 g/mol. The van der Waals surface area contributed by atoms with Gasteiger partial charge in [-0.15, -0.1) is 0 Å². The summed E-state index contributed by atoms with van der Waals surface area (Å²) >= 11 is 0. The Morgan fingerprint density at radius 1 is 0.970 bits per heavy atom. The highest BCUT2D eigenvalue weighted by atomic mass is 16.2. The number of aromatic amines is 2. The van der Waals surface area contributed by atoms with Crippen LogP contribution in [0, 0.1) is 6.92 Å². The lowest BCUT2D eigenvalue weighted by atomic mass is 9.97. The van der Waals surface area contributed by atoms with Crippen LogP contribution < -0.4 is 11.2 Å². The topological polar surface area (TPSA) is 106 Å². The monoisotopic (exact) mass is 446 g/mol. The fourth-order valence-electron chi connectivity index (χ4n) is 4.23. The number of carbonyl (C=O) groups is 2. The first-order chi connectivity index (χ1) is 15.8. The Morgan fingerprint density at radius 2 is 1.70 bits per heavy atom. The third kappa shape index (κ3) is 4.79. The van der Waals surface area contributed by atoms with E-state index in [9.17, 15) is 19.2 Å². The fraction of sp³-hybridized carbons (Fsp3) is 0.280. The number of H-pyrrole nitrogens is 2. The zero-order chi connectivity index (χ0) is 23.5. The van der Waals surface area contributed by atoms with Gasteiger partial charge in [-0.1, -0.05) is 54.6 Å². The summed E-state index contributed by atoms with van der Waals surface area (Å²) in [5, 5.41) is 0. The van der Waals surface area contributed by atoms with E-state index < -0.39 is 17.3 Å². The van der Waals surface area contributed by atoms with Crippen LogP contribution in [-0.4, -0.2) is 57.8 Å². The van der Waals surface area contributed by atoms with Crippen molar-refractivity contribution < 1.29 is 9.59 Å². The molecule has 0 saturated carbocycles. The largest absolute Gasteiger partial charge is 0.342 e. The lowest BCUT2D eigenvalue weighted by Crippen LogP contribution is -2.58. The van der Waals surface area contributed by atoms with Gasteiger partial charge in [0.15, 0.2) is 0 Å². The van der Waals surface area contributed by atoms with E-state index in [0.29, 0.717) is 25.2 Å². The molecule has 0 aliphatic carbocycles. The molecule has 2 heterocycles. The number of aryl methyl sites for hydroxylation is 1. The minimum absolute atomic E-state index is 0.133. The van der Waals surface area contributed by atoms with Crippen LogP contribution in [0.3, 0.4) is 0 Å². The molecule has 1 atom stereocenters. The third-order valence-corrected chi connectivity index (χ3v) is 6.08. The zero-order valence-electron chi connectivity index (χ0n) is 18.6. The number of hydrogen-bond acceptors (Lipinski definition) is 4. The first-order valence-corrected chi connectivity index (χ1v) is 10.8. The average Bonchev–Trinajstić information content (AvgIpc) is 2.80. The molecular formula is C25H26N4O4. The standard InChI is InChI=1S/C25H26N4O4/c1-16-20(23(31)27-25(33)26-16)15-22(30)29-12-11-28(2)24(32)21(29)14-17-7-6-10-19(13-17)18-8-4-3-5-9-18/h3-10,13,21H,11-12,14-15H2,1-2H3,(H2,26,27,31,33)/t21-/m1/s1. The molecule has 4 rings (SSSR count). The molecule has 2 amide bonds. The summed E-state index contributed by atoms with van der Waals surface area (Å²) < 4.78 is 0. The maximum absolute atomic E-state index is 13.2. The van der Waals surface area contributed by atoms with Gasteiger partial charge in [0, 0.05) is 37.8 Å². The number of rotatable bonds is 5. The number of carbonyl (C=O) groups excluding carboxylic acids is 2. The SMILES string of the molecule is Cc1[nH]c(=O)[nH]c(=O)c1CC(=O)N1CCN(C)C(=O)[C@H]1Cc1cccc(-c2ccccc2)c1. The summed E-state index contributed by atoms with van der Waals surface area (Å²) in [4.78, 5) is 57.8. The summed E-state index contributed by atoms with van der Waals surface area (Å²) in [6.45, 7) is 2.39.